The van der Waals surface area contributed by atoms with Crippen molar-refractivity contribution in [3.8, 4) is 5.75 Å². The summed E-state index contributed by atoms with van der Waals surface area (Å²) in [6.45, 7) is 5.15. The van der Waals surface area contributed by atoms with E-state index in [1.54, 1.807) is 18.3 Å². The number of fused-ring (bicyclic) bond motifs is 1. The lowest BCUT2D eigenvalue weighted by molar-refractivity contribution is -0.274. The second-order valence-electron chi connectivity index (χ2n) is 8.33. The Hall–Kier alpha value is -3.75. The predicted octanol–water partition coefficient (Wildman–Crippen LogP) is 6.44. The van der Waals surface area contributed by atoms with Gasteiger partial charge in [0, 0.05) is 24.1 Å². The number of urea groups is 1. The number of aromatic nitrogens is 1. The lowest BCUT2D eigenvalue weighted by Crippen LogP contribution is -2.35. The predicted molar refractivity (Wildman–Crippen MR) is 121 cm³/mol. The largest absolute Gasteiger partial charge is 0.573 e. The van der Waals surface area contributed by atoms with Crippen LogP contribution in [0, 0.1) is 0 Å². The number of benzene rings is 2. The van der Waals surface area contributed by atoms with Gasteiger partial charge >= 0.3 is 12.4 Å². The van der Waals surface area contributed by atoms with Crippen molar-refractivity contribution >= 4 is 28.9 Å². The minimum atomic E-state index is -4.77. The van der Waals surface area contributed by atoms with E-state index in [4.69, 9.17) is 0 Å². The van der Waals surface area contributed by atoms with Crippen LogP contribution in [-0.2, 0) is 5.41 Å². The van der Waals surface area contributed by atoms with E-state index in [0.717, 1.165) is 30.8 Å². The van der Waals surface area contributed by atoms with E-state index in [0.29, 0.717) is 17.2 Å². The summed E-state index contributed by atoms with van der Waals surface area (Å²) in [4.78, 5) is 19.2. The first-order valence-electron chi connectivity index (χ1n) is 10.4. The molecule has 2 amide bonds. The van der Waals surface area contributed by atoms with Crippen molar-refractivity contribution in [2.24, 2.45) is 0 Å². The highest BCUT2D eigenvalue weighted by Gasteiger charge is 2.33. The first-order chi connectivity index (χ1) is 15.6. The third kappa shape index (κ3) is 5.19. The van der Waals surface area contributed by atoms with Crippen molar-refractivity contribution in [1.29, 1.82) is 0 Å². The fourth-order valence-electron chi connectivity index (χ4n) is 3.88. The quantitative estimate of drug-likeness (QED) is 0.474. The minimum Gasteiger partial charge on any atom is -0.406 e. The summed E-state index contributed by atoms with van der Waals surface area (Å²) in [6, 6.07) is 16.0. The van der Waals surface area contributed by atoms with Gasteiger partial charge in [-0.25, -0.2) is 9.78 Å². The fourth-order valence-corrected chi connectivity index (χ4v) is 3.88. The molecule has 1 aromatic heterocycles. The monoisotopic (exact) mass is 456 g/mol. The lowest BCUT2D eigenvalue weighted by Gasteiger charge is -2.40. The average molecular weight is 456 g/mol. The van der Waals surface area contributed by atoms with Crippen molar-refractivity contribution in [2.75, 3.05) is 22.1 Å². The normalized spacial score (nSPS) is 14.9. The number of hydrogen-bond donors (Lipinski definition) is 2. The Morgan fingerprint density at radius 2 is 1.76 bits per heavy atom. The van der Waals surface area contributed by atoms with Crippen LogP contribution >= 0.6 is 0 Å². The Labute approximate surface area is 189 Å². The number of halogens is 3. The van der Waals surface area contributed by atoms with E-state index >= 15 is 0 Å². The van der Waals surface area contributed by atoms with Gasteiger partial charge in [0.2, 0.25) is 0 Å². The molecule has 0 atom stereocenters. The molecular formula is C24H23F3N4O2. The molecule has 2 aromatic carbocycles. The summed E-state index contributed by atoms with van der Waals surface area (Å²) in [6.07, 6.45) is -2.19. The number of pyridine rings is 1. The summed E-state index contributed by atoms with van der Waals surface area (Å²) >= 11 is 0. The molecule has 4 rings (SSSR count). The number of carbonyl (C=O) groups excluding carboxylic acids is 1. The highest BCUT2D eigenvalue weighted by molar-refractivity contribution is 6.01. The van der Waals surface area contributed by atoms with Crippen LogP contribution in [0.2, 0.25) is 0 Å². The van der Waals surface area contributed by atoms with Crippen LogP contribution in [-0.4, -0.2) is 23.9 Å². The maximum atomic E-state index is 12.6. The standard InChI is InChI=1S/C24H23F3N4O2/c1-23(2)13-15-31(20-8-4-3-6-18(20)23)21-19(7-5-14-28-21)30-22(32)29-16-9-11-17(12-10-16)33-24(25,26)27/h3-12,14H,13,15H2,1-2H3,(H2,29,30,32). The molecule has 0 unspecified atom stereocenters. The number of carbonyl (C=O) groups is 1. The van der Waals surface area contributed by atoms with Gasteiger partial charge in [-0.2, -0.15) is 0 Å². The van der Waals surface area contributed by atoms with Gasteiger partial charge in [0.1, 0.15) is 5.75 Å². The third-order valence-electron chi connectivity index (χ3n) is 5.52. The molecule has 0 saturated carbocycles. The Balaban J connectivity index is 1.51. The smallest absolute Gasteiger partial charge is 0.406 e. The van der Waals surface area contributed by atoms with Gasteiger partial charge in [-0.1, -0.05) is 32.0 Å². The number of hydrogen-bond acceptors (Lipinski definition) is 4. The molecule has 0 radical (unpaired) electrons. The molecule has 1 aliphatic heterocycles. The number of amides is 2. The zero-order valence-electron chi connectivity index (χ0n) is 18.1. The second kappa shape index (κ2) is 8.65. The highest BCUT2D eigenvalue weighted by atomic mass is 19.4. The topological polar surface area (TPSA) is 66.5 Å². The van der Waals surface area contributed by atoms with E-state index in [-0.39, 0.29) is 11.2 Å². The average Bonchev–Trinajstić information content (AvgIpc) is 2.75. The molecule has 6 nitrogen and oxygen atoms in total. The Bertz CT molecular complexity index is 1150. The Morgan fingerprint density at radius 3 is 2.48 bits per heavy atom. The van der Waals surface area contributed by atoms with Crippen LogP contribution < -0.4 is 20.3 Å². The van der Waals surface area contributed by atoms with Crippen molar-refractivity contribution in [1.82, 2.24) is 4.98 Å². The van der Waals surface area contributed by atoms with Crippen LogP contribution in [0.4, 0.5) is 40.8 Å². The van der Waals surface area contributed by atoms with Crippen molar-refractivity contribution < 1.29 is 22.7 Å². The molecule has 2 N–H and O–H groups in total. The first kappa shape index (κ1) is 22.4. The van der Waals surface area contributed by atoms with Gasteiger partial charge in [-0.15, -0.1) is 13.2 Å². The Kier molecular flexibility index (Phi) is 5.88. The second-order valence-corrected chi connectivity index (χ2v) is 8.33. The minimum absolute atomic E-state index is 0.0227. The van der Waals surface area contributed by atoms with Gasteiger partial charge in [0.15, 0.2) is 5.82 Å². The summed E-state index contributed by atoms with van der Waals surface area (Å²) < 4.78 is 40.8. The number of alkyl halides is 3. The van der Waals surface area contributed by atoms with Crippen molar-refractivity contribution in [3.63, 3.8) is 0 Å². The summed E-state index contributed by atoms with van der Waals surface area (Å²) in [7, 11) is 0. The number of ether oxygens (including phenoxy) is 1. The molecule has 9 heteroatoms. The summed E-state index contributed by atoms with van der Waals surface area (Å²) in [5.41, 5.74) is 3.10. The fraction of sp³-hybridized carbons (Fsp3) is 0.250. The van der Waals surface area contributed by atoms with Gasteiger partial charge in [0.05, 0.1) is 5.69 Å². The zero-order valence-corrected chi connectivity index (χ0v) is 18.1. The van der Waals surface area contributed by atoms with E-state index in [1.165, 1.54) is 17.7 Å². The van der Waals surface area contributed by atoms with Crippen LogP contribution in [0.15, 0.2) is 66.9 Å². The van der Waals surface area contributed by atoms with Crippen molar-refractivity contribution in [3.05, 3.63) is 72.4 Å². The number of nitrogens with zero attached hydrogens (tertiary/aromatic N) is 2. The number of para-hydroxylation sites is 1. The molecule has 0 spiro atoms. The SMILES string of the molecule is CC1(C)CCN(c2ncccc2NC(=O)Nc2ccc(OC(F)(F)F)cc2)c2ccccc21. The zero-order chi connectivity index (χ0) is 23.6. The number of anilines is 4. The molecule has 0 bridgehead atoms. The van der Waals surface area contributed by atoms with E-state index in [1.807, 2.05) is 18.2 Å². The van der Waals surface area contributed by atoms with E-state index in [2.05, 4.69) is 45.2 Å². The molecule has 172 valence electrons. The van der Waals surface area contributed by atoms with Gasteiger partial charge in [-0.05, 0) is 59.9 Å². The molecule has 0 aliphatic carbocycles. The molecule has 33 heavy (non-hydrogen) atoms. The summed E-state index contributed by atoms with van der Waals surface area (Å²) in [5, 5.41) is 5.40. The van der Waals surface area contributed by atoms with Crippen LogP contribution in [0.25, 0.3) is 0 Å². The number of nitrogens with one attached hydrogen (secondary N) is 2. The molecule has 0 fully saturated rings. The molecule has 0 saturated heterocycles. The molecule has 2 heterocycles. The van der Waals surface area contributed by atoms with Gasteiger partial charge < -0.3 is 20.3 Å². The Morgan fingerprint density at radius 1 is 1.03 bits per heavy atom. The molecule has 1 aliphatic rings. The van der Waals surface area contributed by atoms with E-state index in [9.17, 15) is 18.0 Å². The van der Waals surface area contributed by atoms with Crippen LogP contribution in [0.3, 0.4) is 0 Å². The maximum absolute atomic E-state index is 12.6. The van der Waals surface area contributed by atoms with Gasteiger partial charge in [0.25, 0.3) is 0 Å². The maximum Gasteiger partial charge on any atom is 0.573 e. The number of rotatable bonds is 4. The van der Waals surface area contributed by atoms with Crippen LogP contribution in [0.5, 0.6) is 5.75 Å². The molecule has 3 aromatic rings. The van der Waals surface area contributed by atoms with Crippen molar-refractivity contribution in [2.45, 2.75) is 32.0 Å². The highest BCUT2D eigenvalue weighted by Crippen LogP contribution is 2.43. The van der Waals surface area contributed by atoms with E-state index < -0.39 is 12.4 Å². The summed E-state index contributed by atoms with van der Waals surface area (Å²) in [5.74, 6) is 0.249. The van der Waals surface area contributed by atoms with Crippen LogP contribution in [0.1, 0.15) is 25.8 Å². The lowest BCUT2D eigenvalue weighted by atomic mass is 9.77. The molecular weight excluding hydrogens is 433 g/mol. The third-order valence-corrected chi connectivity index (χ3v) is 5.52. The van der Waals surface area contributed by atoms with Gasteiger partial charge in [-0.3, -0.25) is 0 Å². The first-order valence-corrected chi connectivity index (χ1v) is 10.4.